The second kappa shape index (κ2) is 10.5. The molecule has 174 valence electrons. The van der Waals surface area contributed by atoms with Gasteiger partial charge in [0.05, 0.1) is 19.3 Å². The molecule has 0 spiro atoms. The normalized spacial score (nSPS) is 10.6. The van der Waals surface area contributed by atoms with E-state index < -0.39 is 0 Å². The van der Waals surface area contributed by atoms with Crippen molar-refractivity contribution in [3.8, 4) is 11.5 Å². The predicted octanol–water partition coefficient (Wildman–Crippen LogP) is 3.28. The van der Waals surface area contributed by atoms with E-state index in [1.807, 2.05) is 60.1 Å². The number of rotatable bonds is 9. The minimum absolute atomic E-state index is 0.111. The first-order valence-electron chi connectivity index (χ1n) is 10.8. The second-order valence-electron chi connectivity index (χ2n) is 7.82. The molecule has 0 saturated heterocycles. The molecule has 2 aromatic carbocycles. The van der Waals surface area contributed by atoms with E-state index in [1.165, 1.54) is 0 Å². The van der Waals surface area contributed by atoms with E-state index in [1.54, 1.807) is 31.4 Å². The van der Waals surface area contributed by atoms with Gasteiger partial charge >= 0.3 is 0 Å². The van der Waals surface area contributed by atoms with Crippen LogP contribution in [0.3, 0.4) is 0 Å². The van der Waals surface area contributed by atoms with Gasteiger partial charge in [-0.2, -0.15) is 0 Å². The molecule has 0 unspecified atom stereocenters. The molecule has 0 aliphatic heterocycles. The Bertz CT molecular complexity index is 1280. The summed E-state index contributed by atoms with van der Waals surface area (Å²) in [7, 11) is 1.60. The van der Waals surface area contributed by atoms with Crippen molar-refractivity contribution in [1.29, 1.82) is 0 Å². The molecule has 4 rings (SSSR count). The Morgan fingerprint density at radius 3 is 2.38 bits per heavy atom. The van der Waals surface area contributed by atoms with Crippen LogP contribution in [0.5, 0.6) is 11.5 Å². The van der Waals surface area contributed by atoms with Crippen molar-refractivity contribution in [2.24, 2.45) is 0 Å². The van der Waals surface area contributed by atoms with Crippen LogP contribution < -0.4 is 20.1 Å². The van der Waals surface area contributed by atoms with Crippen LogP contribution in [0.1, 0.15) is 27.2 Å². The third kappa shape index (κ3) is 5.92. The molecule has 8 nitrogen and oxygen atoms in total. The second-order valence-corrected chi connectivity index (χ2v) is 7.82. The van der Waals surface area contributed by atoms with Crippen LogP contribution in [0.2, 0.25) is 0 Å². The fourth-order valence-electron chi connectivity index (χ4n) is 3.35. The fraction of sp³-hybridized carbons (Fsp3) is 0.192. The van der Waals surface area contributed by atoms with Gasteiger partial charge < -0.3 is 24.5 Å². The molecule has 4 aromatic rings. The first-order valence-corrected chi connectivity index (χ1v) is 10.8. The largest absolute Gasteiger partial charge is 0.497 e. The molecule has 2 amide bonds. The van der Waals surface area contributed by atoms with Crippen molar-refractivity contribution >= 4 is 17.5 Å². The average Bonchev–Trinajstić information content (AvgIpc) is 3.27. The number of carbonyl (C=O) groups excluding carboxylic acids is 2. The van der Waals surface area contributed by atoms with E-state index in [2.05, 4.69) is 15.6 Å². The van der Waals surface area contributed by atoms with Crippen LogP contribution in [0.15, 0.2) is 73.1 Å². The number of aromatic nitrogens is 2. The molecule has 0 radical (unpaired) electrons. The number of nitrogens with zero attached hydrogens (tertiary/aromatic N) is 2. The Hall–Kier alpha value is -4.33. The number of imidazole rings is 1. The summed E-state index contributed by atoms with van der Waals surface area (Å²) in [5, 5.41) is 5.40. The molecular formula is C26H26N4O4. The number of pyridine rings is 1. The summed E-state index contributed by atoms with van der Waals surface area (Å²) in [4.78, 5) is 28.9. The number of aryl methyl sites for hydroxylation is 1. The summed E-state index contributed by atoms with van der Waals surface area (Å²) in [6, 6.07) is 18.1. The zero-order valence-corrected chi connectivity index (χ0v) is 19.1. The molecule has 2 aromatic heterocycles. The molecule has 2 heterocycles. The number of fused-ring (bicyclic) bond motifs is 1. The minimum atomic E-state index is -0.332. The zero-order chi connectivity index (χ0) is 23.9. The maximum absolute atomic E-state index is 12.4. The Morgan fingerprint density at radius 1 is 0.912 bits per heavy atom. The lowest BCUT2D eigenvalue weighted by Crippen LogP contribution is -2.36. The molecule has 34 heavy (non-hydrogen) atoms. The molecule has 0 aliphatic carbocycles. The van der Waals surface area contributed by atoms with Gasteiger partial charge in [0.15, 0.2) is 0 Å². The van der Waals surface area contributed by atoms with Gasteiger partial charge in [0.1, 0.15) is 23.8 Å². The number of amides is 2. The highest BCUT2D eigenvalue weighted by Gasteiger charge is 2.09. The van der Waals surface area contributed by atoms with Crippen LogP contribution in [-0.2, 0) is 17.9 Å². The van der Waals surface area contributed by atoms with E-state index in [0.717, 1.165) is 28.2 Å². The molecule has 0 saturated carbocycles. The molecule has 0 bridgehead atoms. The highest BCUT2D eigenvalue weighted by molar-refractivity contribution is 5.96. The van der Waals surface area contributed by atoms with Crippen molar-refractivity contribution in [2.45, 2.75) is 20.1 Å². The minimum Gasteiger partial charge on any atom is -0.497 e. The van der Waals surface area contributed by atoms with Gasteiger partial charge in [0.2, 0.25) is 5.91 Å². The van der Waals surface area contributed by atoms with Gasteiger partial charge in [-0.05, 0) is 60.5 Å². The van der Waals surface area contributed by atoms with Crippen molar-refractivity contribution in [1.82, 2.24) is 20.0 Å². The summed E-state index contributed by atoms with van der Waals surface area (Å²) in [5.41, 5.74) is 4.21. The molecule has 0 atom stereocenters. The van der Waals surface area contributed by atoms with Crippen molar-refractivity contribution in [2.75, 3.05) is 13.7 Å². The first-order chi connectivity index (χ1) is 16.5. The Balaban J connectivity index is 1.22. The highest BCUT2D eigenvalue weighted by Crippen LogP contribution is 2.15. The van der Waals surface area contributed by atoms with Crippen LogP contribution >= 0.6 is 0 Å². The van der Waals surface area contributed by atoms with E-state index in [-0.39, 0.29) is 18.4 Å². The maximum atomic E-state index is 12.4. The number of ether oxygens (including phenoxy) is 2. The number of benzene rings is 2. The highest BCUT2D eigenvalue weighted by atomic mass is 16.5. The predicted molar refractivity (Wildman–Crippen MR) is 128 cm³/mol. The monoisotopic (exact) mass is 458 g/mol. The van der Waals surface area contributed by atoms with Gasteiger partial charge in [-0.3, -0.25) is 9.59 Å². The summed E-state index contributed by atoms with van der Waals surface area (Å²) < 4.78 is 12.9. The van der Waals surface area contributed by atoms with Gasteiger partial charge in [-0.25, -0.2) is 4.98 Å². The molecule has 0 aliphatic rings. The molecular weight excluding hydrogens is 432 g/mol. The summed E-state index contributed by atoms with van der Waals surface area (Å²) in [6.45, 7) is 2.61. The van der Waals surface area contributed by atoms with Crippen LogP contribution in [0.25, 0.3) is 5.65 Å². The quantitative estimate of drug-likeness (QED) is 0.402. The van der Waals surface area contributed by atoms with Crippen LogP contribution in [0, 0.1) is 6.92 Å². The van der Waals surface area contributed by atoms with Crippen LogP contribution in [0.4, 0.5) is 0 Å². The lowest BCUT2D eigenvalue weighted by Gasteiger charge is -2.09. The van der Waals surface area contributed by atoms with Gasteiger partial charge in [-0.1, -0.05) is 18.2 Å². The van der Waals surface area contributed by atoms with Crippen molar-refractivity contribution in [3.05, 3.63) is 95.4 Å². The number of carbonyl (C=O) groups is 2. The van der Waals surface area contributed by atoms with E-state index in [4.69, 9.17) is 9.47 Å². The molecule has 0 fully saturated rings. The van der Waals surface area contributed by atoms with Gasteiger partial charge in [-0.15, -0.1) is 0 Å². The third-order valence-corrected chi connectivity index (χ3v) is 5.21. The maximum Gasteiger partial charge on any atom is 0.251 e. The standard InChI is InChI=1S/C26H26N4O4/c1-18-3-12-24-29-21(16-30(24)15-18)17-34-23-10-6-20(7-11-23)26(32)28-14-25(31)27-13-19-4-8-22(33-2)9-5-19/h3-12,15-16H,13-14,17H2,1-2H3,(H,27,31)(H,28,32). The number of hydrogen-bond acceptors (Lipinski definition) is 5. The number of hydrogen-bond donors (Lipinski definition) is 2. The Morgan fingerprint density at radius 2 is 1.65 bits per heavy atom. The average molecular weight is 459 g/mol. The first kappa shape index (κ1) is 22.8. The number of methoxy groups -OCH3 is 1. The third-order valence-electron chi connectivity index (χ3n) is 5.21. The Labute approximate surface area is 197 Å². The van der Waals surface area contributed by atoms with E-state index >= 15 is 0 Å². The summed E-state index contributed by atoms with van der Waals surface area (Å²) >= 11 is 0. The van der Waals surface area contributed by atoms with E-state index in [9.17, 15) is 9.59 Å². The van der Waals surface area contributed by atoms with E-state index in [0.29, 0.717) is 24.5 Å². The van der Waals surface area contributed by atoms with Crippen molar-refractivity contribution in [3.63, 3.8) is 0 Å². The fourth-order valence-corrected chi connectivity index (χ4v) is 3.35. The molecule has 8 heteroatoms. The molecule has 2 N–H and O–H groups in total. The lowest BCUT2D eigenvalue weighted by atomic mass is 10.2. The smallest absolute Gasteiger partial charge is 0.251 e. The van der Waals surface area contributed by atoms with Gasteiger partial charge in [0, 0.05) is 24.5 Å². The van der Waals surface area contributed by atoms with Crippen LogP contribution in [-0.4, -0.2) is 34.9 Å². The summed E-state index contributed by atoms with van der Waals surface area (Å²) in [6.07, 6.45) is 3.95. The zero-order valence-electron chi connectivity index (χ0n) is 19.1. The van der Waals surface area contributed by atoms with Gasteiger partial charge in [0.25, 0.3) is 5.91 Å². The topological polar surface area (TPSA) is 94.0 Å². The Kier molecular flexibility index (Phi) is 7.07. The summed E-state index contributed by atoms with van der Waals surface area (Å²) in [5.74, 6) is 0.777. The lowest BCUT2D eigenvalue weighted by molar-refractivity contribution is -0.120. The van der Waals surface area contributed by atoms with Crippen molar-refractivity contribution < 1.29 is 19.1 Å². The number of nitrogens with one attached hydrogen (secondary N) is 2. The SMILES string of the molecule is COc1ccc(CNC(=O)CNC(=O)c2ccc(OCc3cn4cc(C)ccc4n3)cc2)cc1.